The molecule has 0 atom stereocenters. The zero-order valence-electron chi connectivity index (χ0n) is 9.44. The van der Waals surface area contributed by atoms with Crippen LogP contribution in [0.15, 0.2) is 0 Å². The normalized spacial score (nSPS) is 10.8. The predicted octanol–water partition coefficient (Wildman–Crippen LogP) is 1.69. The van der Waals surface area contributed by atoms with Gasteiger partial charge in [-0.25, -0.2) is 0 Å². The number of likely N-dealkylation sites (N-methyl/N-ethyl adjacent to an activating group) is 1. The summed E-state index contributed by atoms with van der Waals surface area (Å²) in [5, 5.41) is 7.57. The molecule has 0 aromatic carbocycles. The summed E-state index contributed by atoms with van der Waals surface area (Å²) in [5.41, 5.74) is 0. The minimum absolute atomic E-state index is 0.166. The van der Waals surface area contributed by atoms with E-state index in [1.165, 1.54) is 0 Å². The van der Waals surface area contributed by atoms with Gasteiger partial charge in [0, 0.05) is 13.6 Å². The summed E-state index contributed by atoms with van der Waals surface area (Å²) in [7, 11) is 1.70. The zero-order chi connectivity index (χ0) is 12.1. The van der Waals surface area contributed by atoms with Crippen molar-refractivity contribution in [2.24, 2.45) is 0 Å². The molecule has 1 aromatic rings. The highest BCUT2D eigenvalue weighted by Gasteiger charge is 2.16. The van der Waals surface area contributed by atoms with Gasteiger partial charge in [0.1, 0.15) is 0 Å². The van der Waals surface area contributed by atoms with Gasteiger partial charge in [-0.15, -0.1) is 10.2 Å². The second-order valence-corrected chi connectivity index (χ2v) is 5.07. The predicted molar refractivity (Wildman–Crippen MR) is 63.0 cm³/mol. The van der Waals surface area contributed by atoms with Gasteiger partial charge in [0.25, 0.3) is 5.91 Å². The Bertz CT molecular complexity index is 356. The van der Waals surface area contributed by atoms with Crippen molar-refractivity contribution in [2.75, 3.05) is 20.2 Å². The molecule has 1 rings (SSSR count). The van der Waals surface area contributed by atoms with Gasteiger partial charge in [-0.1, -0.05) is 11.3 Å². The highest BCUT2D eigenvalue weighted by Crippen LogP contribution is 2.15. The quantitative estimate of drug-likeness (QED) is 0.811. The third-order valence-corrected chi connectivity index (χ3v) is 2.81. The van der Waals surface area contributed by atoms with Gasteiger partial charge >= 0.3 is 0 Å². The molecule has 7 heteroatoms. The van der Waals surface area contributed by atoms with Crippen LogP contribution in [-0.2, 0) is 4.74 Å². The Hall–Kier alpha value is -0.720. The smallest absolute Gasteiger partial charge is 0.284 e. The van der Waals surface area contributed by atoms with E-state index in [-0.39, 0.29) is 16.5 Å². The third-order valence-electron chi connectivity index (χ3n) is 1.81. The summed E-state index contributed by atoms with van der Waals surface area (Å²) in [6, 6.07) is 0. The van der Waals surface area contributed by atoms with Crippen molar-refractivity contribution in [1.82, 2.24) is 15.1 Å². The van der Waals surface area contributed by atoms with E-state index in [0.717, 1.165) is 11.3 Å². The van der Waals surface area contributed by atoms with E-state index >= 15 is 0 Å². The standard InChI is InChI=1S/C9H14ClN3O2S/c1-6(2)15-5-4-13(3)8(14)7-11-12-9(10)16-7/h6H,4-5H2,1-3H3. The molecule has 1 aromatic heterocycles. The van der Waals surface area contributed by atoms with E-state index < -0.39 is 0 Å². The molecule has 0 unspecified atom stereocenters. The maximum absolute atomic E-state index is 11.8. The van der Waals surface area contributed by atoms with Crippen molar-refractivity contribution in [1.29, 1.82) is 0 Å². The monoisotopic (exact) mass is 263 g/mol. The number of rotatable bonds is 5. The van der Waals surface area contributed by atoms with Crippen LogP contribution in [0.5, 0.6) is 0 Å². The summed E-state index contributed by atoms with van der Waals surface area (Å²) in [5.74, 6) is -0.184. The van der Waals surface area contributed by atoms with Gasteiger partial charge in [-0.2, -0.15) is 0 Å². The van der Waals surface area contributed by atoms with Crippen LogP contribution in [0, 0.1) is 0 Å². The molecule has 0 aliphatic rings. The van der Waals surface area contributed by atoms with Crippen LogP contribution >= 0.6 is 22.9 Å². The van der Waals surface area contributed by atoms with Gasteiger partial charge in [0.15, 0.2) is 0 Å². The van der Waals surface area contributed by atoms with Gasteiger partial charge < -0.3 is 9.64 Å². The number of nitrogens with zero attached hydrogens (tertiary/aromatic N) is 3. The maximum Gasteiger partial charge on any atom is 0.284 e. The number of hydrogen-bond acceptors (Lipinski definition) is 5. The summed E-state index contributed by atoms with van der Waals surface area (Å²) in [6.45, 7) is 4.93. The number of hydrogen-bond donors (Lipinski definition) is 0. The Morgan fingerprint density at radius 1 is 1.56 bits per heavy atom. The molecule has 0 bridgehead atoms. The van der Waals surface area contributed by atoms with Gasteiger partial charge in [0.05, 0.1) is 12.7 Å². The summed E-state index contributed by atoms with van der Waals surface area (Å²) >= 11 is 6.68. The average Bonchev–Trinajstić information content (AvgIpc) is 2.63. The van der Waals surface area contributed by atoms with E-state index in [0.29, 0.717) is 18.2 Å². The summed E-state index contributed by atoms with van der Waals surface area (Å²) in [4.78, 5) is 13.3. The summed E-state index contributed by atoms with van der Waals surface area (Å²) < 4.78 is 5.62. The molecule has 16 heavy (non-hydrogen) atoms. The molecule has 0 fully saturated rings. The lowest BCUT2D eigenvalue weighted by Gasteiger charge is -2.16. The lowest BCUT2D eigenvalue weighted by atomic mass is 10.4. The highest BCUT2D eigenvalue weighted by atomic mass is 35.5. The molecule has 0 aliphatic carbocycles. The van der Waals surface area contributed by atoms with Crippen LogP contribution in [0.25, 0.3) is 0 Å². The molecule has 0 saturated carbocycles. The molecule has 0 aliphatic heterocycles. The van der Waals surface area contributed by atoms with Crippen molar-refractivity contribution >= 4 is 28.8 Å². The fourth-order valence-electron chi connectivity index (χ4n) is 0.982. The van der Waals surface area contributed by atoms with Crippen molar-refractivity contribution in [3.63, 3.8) is 0 Å². The van der Waals surface area contributed by atoms with Crippen LogP contribution in [-0.4, -0.2) is 47.3 Å². The Labute approximate surface area is 103 Å². The number of aromatic nitrogens is 2. The Kier molecular flexibility index (Phi) is 5.11. The highest BCUT2D eigenvalue weighted by molar-refractivity contribution is 7.17. The number of carbonyl (C=O) groups excluding carboxylic acids is 1. The molecular weight excluding hydrogens is 250 g/mol. The van der Waals surface area contributed by atoms with Crippen LogP contribution in [0.4, 0.5) is 0 Å². The zero-order valence-corrected chi connectivity index (χ0v) is 11.0. The number of ether oxygens (including phenoxy) is 1. The molecule has 1 amide bonds. The number of halogens is 1. The maximum atomic E-state index is 11.8. The topological polar surface area (TPSA) is 55.3 Å². The molecular formula is C9H14ClN3O2S. The minimum Gasteiger partial charge on any atom is -0.377 e. The molecule has 5 nitrogen and oxygen atoms in total. The second-order valence-electron chi connectivity index (χ2n) is 3.51. The minimum atomic E-state index is -0.184. The molecule has 1 heterocycles. The lowest BCUT2D eigenvalue weighted by molar-refractivity contribution is 0.0531. The van der Waals surface area contributed by atoms with Gasteiger partial charge in [-0.3, -0.25) is 4.79 Å². The van der Waals surface area contributed by atoms with Crippen LogP contribution in [0.3, 0.4) is 0 Å². The first-order valence-corrected chi connectivity index (χ1v) is 6.06. The van der Waals surface area contributed by atoms with Crippen LogP contribution in [0.2, 0.25) is 4.47 Å². The van der Waals surface area contributed by atoms with Gasteiger partial charge in [-0.05, 0) is 25.4 Å². The van der Waals surface area contributed by atoms with Crippen LogP contribution in [0.1, 0.15) is 23.6 Å². The first-order chi connectivity index (χ1) is 7.50. The van der Waals surface area contributed by atoms with E-state index in [1.54, 1.807) is 11.9 Å². The first-order valence-electron chi connectivity index (χ1n) is 4.86. The van der Waals surface area contributed by atoms with Crippen molar-refractivity contribution < 1.29 is 9.53 Å². The fourth-order valence-corrected chi connectivity index (χ4v) is 1.80. The van der Waals surface area contributed by atoms with E-state index in [4.69, 9.17) is 16.3 Å². The first kappa shape index (κ1) is 13.3. The SMILES string of the molecule is CC(C)OCCN(C)C(=O)c1nnc(Cl)s1. The molecule has 90 valence electrons. The Balaban J connectivity index is 2.42. The van der Waals surface area contributed by atoms with Crippen molar-refractivity contribution in [2.45, 2.75) is 20.0 Å². The average molecular weight is 264 g/mol. The van der Waals surface area contributed by atoms with Crippen LogP contribution < -0.4 is 0 Å². The number of carbonyl (C=O) groups is 1. The lowest BCUT2D eigenvalue weighted by Crippen LogP contribution is -2.30. The molecule has 0 N–H and O–H groups in total. The largest absolute Gasteiger partial charge is 0.377 e. The molecule has 0 spiro atoms. The Morgan fingerprint density at radius 2 is 2.25 bits per heavy atom. The fraction of sp³-hybridized carbons (Fsp3) is 0.667. The summed E-state index contributed by atoms with van der Waals surface area (Å²) in [6.07, 6.45) is 0.166. The van der Waals surface area contributed by atoms with Gasteiger partial charge in [0.2, 0.25) is 9.47 Å². The second kappa shape index (κ2) is 6.12. The van der Waals surface area contributed by atoms with E-state index in [1.807, 2.05) is 13.8 Å². The Morgan fingerprint density at radius 3 is 2.75 bits per heavy atom. The molecule has 0 saturated heterocycles. The van der Waals surface area contributed by atoms with Crippen molar-refractivity contribution in [3.05, 3.63) is 9.47 Å². The third kappa shape index (κ3) is 4.03. The van der Waals surface area contributed by atoms with E-state index in [2.05, 4.69) is 10.2 Å². The number of amides is 1. The molecule has 0 radical (unpaired) electrons. The van der Waals surface area contributed by atoms with Crippen molar-refractivity contribution in [3.8, 4) is 0 Å². The van der Waals surface area contributed by atoms with E-state index in [9.17, 15) is 4.79 Å².